The molecule has 8 heteroatoms. The van der Waals surface area contributed by atoms with Gasteiger partial charge in [-0.1, -0.05) is 28.9 Å². The number of piperazine rings is 1. The molecule has 1 fully saturated rings. The van der Waals surface area contributed by atoms with Gasteiger partial charge in [0.15, 0.2) is 0 Å². The van der Waals surface area contributed by atoms with Crippen molar-refractivity contribution in [2.45, 2.75) is 0 Å². The minimum absolute atomic E-state index is 0.0159. The molecule has 0 spiro atoms. The summed E-state index contributed by atoms with van der Waals surface area (Å²) in [5.74, 6) is 1.29. The van der Waals surface area contributed by atoms with Crippen LogP contribution in [0.2, 0.25) is 5.02 Å². The molecule has 0 radical (unpaired) electrons. The summed E-state index contributed by atoms with van der Waals surface area (Å²) < 4.78 is 10.6. The minimum Gasteiger partial charge on any atom is -0.497 e. The van der Waals surface area contributed by atoms with Crippen molar-refractivity contribution in [2.24, 2.45) is 0 Å². The quantitative estimate of drug-likeness (QED) is 0.581. The average molecular weight is 425 g/mol. The van der Waals surface area contributed by atoms with Crippen LogP contribution in [0.5, 0.6) is 5.75 Å². The van der Waals surface area contributed by atoms with Crippen LogP contribution in [0.25, 0.3) is 17.5 Å². The average Bonchev–Trinajstić information content (AvgIpc) is 3.29. The maximum atomic E-state index is 12.5. The van der Waals surface area contributed by atoms with Crippen LogP contribution in [0, 0.1) is 0 Å². The fourth-order valence-corrected chi connectivity index (χ4v) is 3.29. The number of carbonyl (C=O) groups is 1. The van der Waals surface area contributed by atoms with E-state index >= 15 is 0 Å². The third-order valence-electron chi connectivity index (χ3n) is 4.91. The fraction of sp³-hybridized carbons (Fsp3) is 0.227. The van der Waals surface area contributed by atoms with Crippen molar-refractivity contribution in [3.05, 3.63) is 65.2 Å². The lowest BCUT2D eigenvalue weighted by Crippen LogP contribution is -2.48. The number of nitrogens with zero attached hydrogens (tertiary/aromatic N) is 4. The van der Waals surface area contributed by atoms with Gasteiger partial charge in [0.25, 0.3) is 0 Å². The predicted octanol–water partition coefficient (Wildman–Crippen LogP) is 3.76. The van der Waals surface area contributed by atoms with E-state index in [0.717, 1.165) is 16.9 Å². The molecule has 0 N–H and O–H groups in total. The van der Waals surface area contributed by atoms with Gasteiger partial charge in [-0.2, -0.15) is 4.98 Å². The summed E-state index contributed by atoms with van der Waals surface area (Å²) >= 11 is 5.92. The molecule has 0 unspecified atom stereocenters. The second-order valence-corrected chi connectivity index (χ2v) is 7.26. The van der Waals surface area contributed by atoms with Crippen molar-refractivity contribution in [3.63, 3.8) is 0 Å². The van der Waals surface area contributed by atoms with Crippen LogP contribution < -0.4 is 9.64 Å². The smallest absolute Gasteiger partial charge is 0.324 e. The first-order valence-corrected chi connectivity index (χ1v) is 9.96. The van der Waals surface area contributed by atoms with Gasteiger partial charge in [0, 0.05) is 42.8 Å². The first-order valence-electron chi connectivity index (χ1n) is 9.58. The Bertz CT molecular complexity index is 1020. The SMILES string of the molecule is COc1ccc(/C=C/C(=O)N2CCN(c3nc(-c4ccc(Cl)cc4)no3)CC2)cc1. The molecule has 0 saturated carbocycles. The van der Waals surface area contributed by atoms with Crippen LogP contribution in [0.1, 0.15) is 5.56 Å². The highest BCUT2D eigenvalue weighted by atomic mass is 35.5. The number of carbonyl (C=O) groups excluding carboxylic acids is 1. The highest BCUT2D eigenvalue weighted by Gasteiger charge is 2.23. The fourth-order valence-electron chi connectivity index (χ4n) is 3.17. The molecule has 30 heavy (non-hydrogen) atoms. The summed E-state index contributed by atoms with van der Waals surface area (Å²) in [4.78, 5) is 20.8. The zero-order valence-electron chi connectivity index (χ0n) is 16.5. The summed E-state index contributed by atoms with van der Waals surface area (Å²) in [6.45, 7) is 2.43. The van der Waals surface area contributed by atoms with Crippen LogP contribution in [-0.4, -0.2) is 54.2 Å². The highest BCUT2D eigenvalue weighted by molar-refractivity contribution is 6.30. The molecule has 1 amide bonds. The zero-order chi connectivity index (χ0) is 20.9. The number of ether oxygens (including phenoxy) is 1. The van der Waals surface area contributed by atoms with E-state index in [0.29, 0.717) is 43.0 Å². The van der Waals surface area contributed by atoms with Crippen LogP contribution in [0.4, 0.5) is 6.01 Å². The lowest BCUT2D eigenvalue weighted by Gasteiger charge is -2.32. The molecule has 0 aliphatic carbocycles. The Hall–Kier alpha value is -3.32. The summed E-state index contributed by atoms with van der Waals surface area (Å²) in [6, 6.07) is 15.3. The zero-order valence-corrected chi connectivity index (χ0v) is 17.2. The lowest BCUT2D eigenvalue weighted by atomic mass is 10.2. The molecule has 1 aromatic heterocycles. The van der Waals surface area contributed by atoms with Gasteiger partial charge in [-0.15, -0.1) is 0 Å². The first-order chi connectivity index (χ1) is 14.6. The normalized spacial score (nSPS) is 14.3. The number of hydrogen-bond acceptors (Lipinski definition) is 6. The van der Waals surface area contributed by atoms with E-state index in [1.165, 1.54) is 0 Å². The standard InChI is InChI=1S/C22H21ClN4O3/c1-29-19-9-2-16(3-10-19)4-11-20(28)26-12-14-27(15-13-26)22-24-21(25-30-22)17-5-7-18(23)8-6-17/h2-11H,12-15H2,1H3/b11-4+. The number of benzene rings is 2. The monoisotopic (exact) mass is 424 g/mol. The van der Waals surface area contributed by atoms with Crippen molar-refractivity contribution in [1.29, 1.82) is 0 Å². The van der Waals surface area contributed by atoms with Crippen molar-refractivity contribution in [3.8, 4) is 17.1 Å². The Balaban J connectivity index is 1.32. The van der Waals surface area contributed by atoms with Gasteiger partial charge in [0.05, 0.1) is 7.11 Å². The summed E-state index contributed by atoms with van der Waals surface area (Å²) in [7, 11) is 1.63. The van der Waals surface area contributed by atoms with Crippen molar-refractivity contribution < 1.29 is 14.1 Å². The second-order valence-electron chi connectivity index (χ2n) is 6.83. The van der Waals surface area contributed by atoms with Gasteiger partial charge in [-0.25, -0.2) is 0 Å². The van der Waals surface area contributed by atoms with E-state index < -0.39 is 0 Å². The topological polar surface area (TPSA) is 71.7 Å². The third kappa shape index (κ3) is 4.63. The van der Waals surface area contributed by atoms with E-state index in [9.17, 15) is 4.79 Å². The summed E-state index contributed by atoms with van der Waals surface area (Å²) in [5.41, 5.74) is 1.79. The Morgan fingerprint density at radius 3 is 2.43 bits per heavy atom. The number of methoxy groups -OCH3 is 1. The van der Waals surface area contributed by atoms with Crippen molar-refractivity contribution in [2.75, 3.05) is 38.2 Å². The van der Waals surface area contributed by atoms with Gasteiger partial charge in [-0.3, -0.25) is 4.79 Å². The summed E-state index contributed by atoms with van der Waals surface area (Å²) in [5, 5.41) is 4.71. The number of hydrogen-bond donors (Lipinski definition) is 0. The Morgan fingerprint density at radius 2 is 1.77 bits per heavy atom. The molecule has 2 aromatic carbocycles. The first kappa shape index (κ1) is 20.0. The largest absolute Gasteiger partial charge is 0.497 e. The van der Waals surface area contributed by atoms with E-state index in [4.69, 9.17) is 20.9 Å². The van der Waals surface area contributed by atoms with Gasteiger partial charge >= 0.3 is 6.01 Å². The molecular formula is C22H21ClN4O3. The lowest BCUT2D eigenvalue weighted by molar-refractivity contribution is -0.126. The minimum atomic E-state index is -0.0159. The van der Waals surface area contributed by atoms with E-state index in [1.807, 2.05) is 52.3 Å². The highest BCUT2D eigenvalue weighted by Crippen LogP contribution is 2.22. The molecule has 1 saturated heterocycles. The Morgan fingerprint density at radius 1 is 1.07 bits per heavy atom. The molecule has 1 aliphatic rings. The van der Waals surface area contributed by atoms with Gasteiger partial charge < -0.3 is 19.1 Å². The molecular weight excluding hydrogens is 404 g/mol. The number of rotatable bonds is 5. The molecule has 7 nitrogen and oxygen atoms in total. The summed E-state index contributed by atoms with van der Waals surface area (Å²) in [6.07, 6.45) is 3.41. The predicted molar refractivity (Wildman–Crippen MR) is 116 cm³/mol. The van der Waals surface area contributed by atoms with Gasteiger partial charge in [-0.05, 0) is 48.0 Å². The van der Waals surface area contributed by atoms with E-state index in [1.54, 1.807) is 25.3 Å². The Kier molecular flexibility index (Phi) is 5.99. The molecule has 4 rings (SSSR count). The third-order valence-corrected chi connectivity index (χ3v) is 5.17. The second kappa shape index (κ2) is 9.00. The maximum Gasteiger partial charge on any atom is 0.324 e. The number of amides is 1. The number of halogens is 1. The molecule has 0 bridgehead atoms. The molecule has 3 aromatic rings. The Labute approximate surface area is 179 Å². The van der Waals surface area contributed by atoms with Crippen LogP contribution in [0.15, 0.2) is 59.1 Å². The number of aromatic nitrogens is 2. The molecule has 154 valence electrons. The maximum absolute atomic E-state index is 12.5. The van der Waals surface area contributed by atoms with Crippen LogP contribution in [-0.2, 0) is 4.79 Å². The van der Waals surface area contributed by atoms with E-state index in [2.05, 4.69) is 10.1 Å². The van der Waals surface area contributed by atoms with Crippen LogP contribution >= 0.6 is 11.6 Å². The molecule has 1 aliphatic heterocycles. The number of anilines is 1. The van der Waals surface area contributed by atoms with Crippen molar-refractivity contribution in [1.82, 2.24) is 15.0 Å². The van der Waals surface area contributed by atoms with E-state index in [-0.39, 0.29) is 5.91 Å². The molecule has 0 atom stereocenters. The van der Waals surface area contributed by atoms with Crippen LogP contribution in [0.3, 0.4) is 0 Å². The van der Waals surface area contributed by atoms with Gasteiger partial charge in [0.1, 0.15) is 5.75 Å². The molecule has 2 heterocycles. The van der Waals surface area contributed by atoms with Crippen molar-refractivity contribution >= 4 is 29.6 Å². The van der Waals surface area contributed by atoms with Gasteiger partial charge in [0.2, 0.25) is 11.7 Å².